The van der Waals surface area contributed by atoms with Gasteiger partial charge in [-0.15, -0.1) is 0 Å². The zero-order valence-corrected chi connectivity index (χ0v) is 45.7. The second-order valence-electron chi connectivity index (χ2n) is 19.8. The first-order valence-corrected chi connectivity index (χ1v) is 28.3. The average molecular weight is 1100 g/mol. The molecule has 3 aromatic heterocycles. The molecule has 380 valence electrons. The number of aromatic amines is 2. The van der Waals surface area contributed by atoms with E-state index in [1.807, 2.05) is 48.6 Å². The largest absolute Gasteiger partial charge is 0.493 e. The number of nitrogens with zero attached hydrogens (tertiary/aromatic N) is 2. The summed E-state index contributed by atoms with van der Waals surface area (Å²) in [7, 11) is 0. The van der Waals surface area contributed by atoms with E-state index in [4.69, 9.17) is 78.5 Å². The lowest BCUT2D eigenvalue weighted by atomic mass is 9.95. The van der Waals surface area contributed by atoms with Gasteiger partial charge >= 0.3 is 0 Å². The number of rotatable bonds is 2. The lowest BCUT2D eigenvalue weighted by molar-refractivity contribution is 0.305. The van der Waals surface area contributed by atoms with Gasteiger partial charge in [-0.1, -0.05) is 158 Å². The molecule has 4 aliphatic heterocycles. The number of ether oxygens (including phenoxy) is 2. The van der Waals surface area contributed by atoms with Crippen molar-refractivity contribution in [1.82, 2.24) is 19.9 Å². The van der Waals surface area contributed by atoms with Crippen LogP contribution in [0.15, 0.2) is 133 Å². The monoisotopic (exact) mass is 1090 g/mol. The van der Waals surface area contributed by atoms with Crippen molar-refractivity contribution in [3.63, 3.8) is 0 Å². The predicted octanol–water partition coefficient (Wildman–Crippen LogP) is 20.2. The highest BCUT2D eigenvalue weighted by molar-refractivity contribution is 7.80. The van der Waals surface area contributed by atoms with Crippen LogP contribution in [0.3, 0.4) is 0 Å². The molecule has 13 rings (SSSR count). The molecule has 10 bridgehead atoms. The van der Waals surface area contributed by atoms with Crippen LogP contribution in [0.5, 0.6) is 11.5 Å². The molecule has 0 aliphatic carbocycles. The van der Waals surface area contributed by atoms with Gasteiger partial charge in [0.15, 0.2) is 0 Å². The molecule has 0 radical (unpaired) electrons. The van der Waals surface area contributed by atoms with Crippen molar-refractivity contribution in [2.75, 3.05) is 13.2 Å². The van der Waals surface area contributed by atoms with Crippen LogP contribution in [-0.2, 0) is 0 Å². The fraction of sp³-hybridized carbons (Fsp3) is 0.200. The molecule has 76 heavy (non-hydrogen) atoms. The van der Waals surface area contributed by atoms with Crippen molar-refractivity contribution >= 4 is 127 Å². The van der Waals surface area contributed by atoms with E-state index in [1.165, 1.54) is 0 Å². The van der Waals surface area contributed by atoms with Crippen molar-refractivity contribution in [2.45, 2.75) is 69.5 Å². The van der Waals surface area contributed by atoms with Gasteiger partial charge in [0.25, 0.3) is 0 Å². The van der Waals surface area contributed by atoms with Crippen LogP contribution in [-0.4, -0.2) is 38.4 Å². The molecular formula is C65H54Cl4N4O2S. The zero-order valence-electron chi connectivity index (χ0n) is 41.7. The highest BCUT2D eigenvalue weighted by atomic mass is 35.5. The van der Waals surface area contributed by atoms with Crippen molar-refractivity contribution in [2.24, 2.45) is 0 Å². The van der Waals surface area contributed by atoms with Crippen LogP contribution in [0.4, 0.5) is 0 Å². The van der Waals surface area contributed by atoms with Crippen LogP contribution < -0.4 is 9.47 Å². The minimum absolute atomic E-state index is 0.401. The summed E-state index contributed by atoms with van der Waals surface area (Å²) in [5.74, 6) is 1.53. The molecule has 0 saturated heterocycles. The van der Waals surface area contributed by atoms with Gasteiger partial charge in [-0.05, 0) is 132 Å². The summed E-state index contributed by atoms with van der Waals surface area (Å²) in [5.41, 5.74) is 12.3. The Labute approximate surface area is 468 Å². The third-order valence-electron chi connectivity index (χ3n) is 14.8. The molecule has 0 fully saturated rings. The molecule has 11 heteroatoms. The van der Waals surface area contributed by atoms with E-state index < -0.39 is 0 Å². The second kappa shape index (κ2) is 22.3. The number of H-pyrrole nitrogens is 2. The molecular weight excluding hydrogens is 1040 g/mol. The molecule has 6 aromatic carbocycles. The number of benzene rings is 6. The van der Waals surface area contributed by atoms with Crippen LogP contribution >= 0.6 is 59.0 Å². The maximum absolute atomic E-state index is 7.25. The first kappa shape index (κ1) is 50.4. The van der Waals surface area contributed by atoms with Crippen molar-refractivity contribution in [3.8, 4) is 56.0 Å². The fourth-order valence-corrected chi connectivity index (χ4v) is 12.7. The third-order valence-corrected chi connectivity index (χ3v) is 16.6. The molecule has 0 saturated carbocycles. The van der Waals surface area contributed by atoms with Crippen LogP contribution in [0.2, 0.25) is 20.1 Å². The number of hydrogen-bond acceptors (Lipinski definition) is 5. The molecule has 7 heterocycles. The Morgan fingerprint density at radius 1 is 0.368 bits per heavy atom. The Kier molecular flexibility index (Phi) is 14.8. The Balaban J connectivity index is 1.23. The number of nitrogens with one attached hydrogen (secondary N) is 2. The SMILES string of the molecule is SC1CCCCCCOc2ccc3ccccc3c2-c2c3nc(c(-c4c(Cl)cccc4Cl)c4ccc([nH]4)c(c4ccc([nH]4)c(-c4c(Cl)cccc4Cl)c4nc2C=C4)-c2c(ccc4ccccc24)OCCCCCC1)C=C3. The molecule has 1 unspecified atom stereocenters. The maximum Gasteiger partial charge on any atom is 0.127 e. The average Bonchev–Trinajstić information content (AvgIpc) is 4.34. The summed E-state index contributed by atoms with van der Waals surface area (Å²) < 4.78 is 13.8. The maximum atomic E-state index is 7.25. The Hall–Kier alpha value is -6.45. The minimum atomic E-state index is 0.401. The Morgan fingerprint density at radius 2 is 0.750 bits per heavy atom. The van der Waals surface area contributed by atoms with Gasteiger partial charge in [0.05, 0.1) is 56.1 Å². The Bertz CT molecular complexity index is 3760. The zero-order chi connectivity index (χ0) is 51.7. The summed E-state index contributed by atoms with van der Waals surface area (Å²) in [4.78, 5) is 19.0. The summed E-state index contributed by atoms with van der Waals surface area (Å²) in [5, 5.41) is 6.57. The van der Waals surface area contributed by atoms with E-state index in [9.17, 15) is 0 Å². The summed E-state index contributed by atoms with van der Waals surface area (Å²) >= 11 is 34.0. The molecule has 0 amide bonds. The smallest absolute Gasteiger partial charge is 0.127 e. The van der Waals surface area contributed by atoms with E-state index in [2.05, 4.69) is 119 Å². The number of hydrogen-bond donors (Lipinski definition) is 3. The van der Waals surface area contributed by atoms with Crippen LogP contribution in [0.1, 0.15) is 87.0 Å². The third kappa shape index (κ3) is 9.93. The van der Waals surface area contributed by atoms with Crippen LogP contribution in [0, 0.1) is 0 Å². The van der Waals surface area contributed by atoms with Gasteiger partial charge < -0.3 is 19.4 Å². The first-order chi connectivity index (χ1) is 37.3. The van der Waals surface area contributed by atoms with E-state index in [0.717, 1.165) is 153 Å². The van der Waals surface area contributed by atoms with Crippen molar-refractivity contribution in [3.05, 3.63) is 176 Å². The van der Waals surface area contributed by atoms with Gasteiger partial charge in [-0.2, -0.15) is 12.6 Å². The lowest BCUT2D eigenvalue weighted by Crippen LogP contribution is -2.02. The number of aromatic nitrogens is 4. The molecule has 6 nitrogen and oxygen atoms in total. The number of halogens is 4. The number of thiol groups is 1. The van der Waals surface area contributed by atoms with Gasteiger partial charge in [-0.3, -0.25) is 0 Å². The predicted molar refractivity (Wildman–Crippen MR) is 326 cm³/mol. The fourth-order valence-electron chi connectivity index (χ4n) is 11.2. The highest BCUT2D eigenvalue weighted by Gasteiger charge is 2.26. The molecule has 2 N–H and O–H groups in total. The van der Waals surface area contributed by atoms with Gasteiger partial charge in [0.2, 0.25) is 0 Å². The standard InChI is InChI=1S/C65H54Cl4N4O2S/c66-44-21-13-22-45(67)60(44)64-52-31-27-48(70-52)62-49-28-32-53(71-49)65(61-46(68)23-14-24-47(61)69)55-34-30-51(73-55)63(50-29-33-54(64)72-50)59-43-20-10-8-16-40(43)26-36-57(59)75-38-12-4-2-6-18-41(76)17-5-1-3-11-37-74-56-35-25-39-15-7-9-19-42(39)58(56)62/h7-10,13-16,19-36,41,70-71,76H,1-6,11-12,17-18,37-38H2. The van der Waals surface area contributed by atoms with Crippen molar-refractivity contribution in [1.29, 1.82) is 0 Å². The van der Waals surface area contributed by atoms with Crippen LogP contribution in [0.25, 0.3) is 112 Å². The quantitative estimate of drug-likeness (QED) is 0.151. The molecule has 4 aliphatic rings. The topological polar surface area (TPSA) is 75.8 Å². The number of fused-ring (bicyclic) bond motifs is 16. The van der Waals surface area contributed by atoms with Gasteiger partial charge in [0, 0.05) is 71.8 Å². The normalized spacial score (nSPS) is 15.6. The van der Waals surface area contributed by atoms with E-state index in [-0.39, 0.29) is 0 Å². The Morgan fingerprint density at radius 3 is 1.20 bits per heavy atom. The van der Waals surface area contributed by atoms with Gasteiger partial charge in [-0.25, -0.2) is 9.97 Å². The van der Waals surface area contributed by atoms with Crippen molar-refractivity contribution < 1.29 is 9.47 Å². The van der Waals surface area contributed by atoms with Gasteiger partial charge in [0.1, 0.15) is 11.5 Å². The van der Waals surface area contributed by atoms with E-state index in [1.54, 1.807) is 0 Å². The molecule has 1 atom stereocenters. The van der Waals surface area contributed by atoms with E-state index in [0.29, 0.717) is 72.5 Å². The second-order valence-corrected chi connectivity index (χ2v) is 22.1. The van der Waals surface area contributed by atoms with E-state index >= 15 is 0 Å². The summed E-state index contributed by atoms with van der Waals surface area (Å²) in [6, 6.07) is 45.0. The minimum Gasteiger partial charge on any atom is -0.493 e. The first-order valence-electron chi connectivity index (χ1n) is 26.3. The summed E-state index contributed by atoms with van der Waals surface area (Å²) in [6.07, 6.45) is 19.0. The molecule has 9 aromatic rings. The highest BCUT2D eigenvalue weighted by Crippen LogP contribution is 2.48. The summed E-state index contributed by atoms with van der Waals surface area (Å²) in [6.45, 7) is 1.13. The lowest BCUT2D eigenvalue weighted by Gasteiger charge is -2.16. The molecule has 0 spiro atoms.